The van der Waals surface area contributed by atoms with Crippen LogP contribution in [0.5, 0.6) is 5.75 Å². The molecule has 0 unspecified atom stereocenters. The zero-order valence-electron chi connectivity index (χ0n) is 17.3. The highest BCUT2D eigenvalue weighted by Crippen LogP contribution is 2.22. The number of nitro benzene ring substituents is 1. The average molecular weight is 472 g/mol. The lowest BCUT2D eigenvalue weighted by Gasteiger charge is -2.34. The maximum absolute atomic E-state index is 12.9. The minimum atomic E-state index is -0.447. The minimum absolute atomic E-state index is 0.0217. The van der Waals surface area contributed by atoms with Crippen LogP contribution in [0.2, 0.25) is 5.02 Å². The molecule has 166 valence electrons. The third-order valence-electron chi connectivity index (χ3n) is 5.27. The summed E-state index contributed by atoms with van der Waals surface area (Å²) in [5.74, 6) is 0.587. The third kappa shape index (κ3) is 5.64. The molecule has 4 rings (SSSR count). The van der Waals surface area contributed by atoms with E-state index in [4.69, 9.17) is 16.3 Å². The molecule has 1 aliphatic heterocycles. The van der Waals surface area contributed by atoms with Gasteiger partial charge in [0, 0.05) is 55.4 Å². The molecule has 3 aromatic rings. The van der Waals surface area contributed by atoms with E-state index in [1.165, 1.54) is 29.0 Å². The molecule has 1 saturated heterocycles. The van der Waals surface area contributed by atoms with Gasteiger partial charge in [-0.25, -0.2) is 0 Å². The van der Waals surface area contributed by atoms with Crippen LogP contribution in [0.1, 0.15) is 20.8 Å². The summed E-state index contributed by atoms with van der Waals surface area (Å²) < 4.78 is 5.69. The predicted octanol–water partition coefficient (Wildman–Crippen LogP) is 4.85. The number of amides is 1. The molecule has 2 heterocycles. The van der Waals surface area contributed by atoms with Crippen LogP contribution in [0.15, 0.2) is 60.0 Å². The Morgan fingerprint density at radius 2 is 1.81 bits per heavy atom. The van der Waals surface area contributed by atoms with Gasteiger partial charge < -0.3 is 9.64 Å². The monoisotopic (exact) mass is 471 g/mol. The molecule has 0 atom stereocenters. The number of carbonyl (C=O) groups excluding carboxylic acids is 1. The number of benzene rings is 2. The lowest BCUT2D eigenvalue weighted by Crippen LogP contribution is -2.48. The first kappa shape index (κ1) is 22.3. The normalized spacial score (nSPS) is 14.3. The lowest BCUT2D eigenvalue weighted by atomic mass is 10.2. The molecule has 0 radical (unpaired) electrons. The number of hydrogen-bond acceptors (Lipinski definition) is 6. The molecule has 0 N–H and O–H groups in total. The van der Waals surface area contributed by atoms with Gasteiger partial charge in [-0.1, -0.05) is 23.7 Å². The van der Waals surface area contributed by atoms with Gasteiger partial charge in [0.2, 0.25) is 0 Å². The van der Waals surface area contributed by atoms with Gasteiger partial charge in [-0.3, -0.25) is 19.8 Å². The predicted molar refractivity (Wildman–Crippen MR) is 124 cm³/mol. The van der Waals surface area contributed by atoms with Crippen molar-refractivity contribution in [1.82, 2.24) is 9.80 Å². The van der Waals surface area contributed by atoms with Crippen LogP contribution in [0.3, 0.4) is 0 Å². The maximum Gasteiger partial charge on any atom is 0.269 e. The van der Waals surface area contributed by atoms with E-state index < -0.39 is 4.92 Å². The second kappa shape index (κ2) is 10.1. The molecule has 0 saturated carbocycles. The van der Waals surface area contributed by atoms with Crippen LogP contribution < -0.4 is 4.74 Å². The smallest absolute Gasteiger partial charge is 0.269 e. The van der Waals surface area contributed by atoms with Crippen molar-refractivity contribution in [2.45, 2.75) is 13.2 Å². The van der Waals surface area contributed by atoms with Crippen molar-refractivity contribution in [3.63, 3.8) is 0 Å². The van der Waals surface area contributed by atoms with Gasteiger partial charge in [-0.05, 0) is 41.3 Å². The Bertz CT molecular complexity index is 1090. The lowest BCUT2D eigenvalue weighted by molar-refractivity contribution is -0.384. The van der Waals surface area contributed by atoms with Crippen molar-refractivity contribution in [1.29, 1.82) is 0 Å². The van der Waals surface area contributed by atoms with Gasteiger partial charge in [0.25, 0.3) is 11.6 Å². The van der Waals surface area contributed by atoms with Crippen LogP contribution >= 0.6 is 22.9 Å². The number of halogens is 1. The zero-order chi connectivity index (χ0) is 22.5. The SMILES string of the molecule is O=C(c1cc(COc2ccc([N+](=O)[O-])cc2)cs1)N1CCN(Cc2cccc(Cl)c2)CC1. The Hall–Kier alpha value is -2.94. The highest BCUT2D eigenvalue weighted by Gasteiger charge is 2.23. The number of carbonyl (C=O) groups is 1. The Morgan fingerprint density at radius 3 is 2.50 bits per heavy atom. The number of ether oxygens (including phenoxy) is 1. The largest absolute Gasteiger partial charge is 0.489 e. The van der Waals surface area contributed by atoms with E-state index in [0.717, 1.165) is 30.2 Å². The van der Waals surface area contributed by atoms with E-state index in [2.05, 4.69) is 11.0 Å². The van der Waals surface area contributed by atoms with Gasteiger partial charge in [0.1, 0.15) is 12.4 Å². The van der Waals surface area contributed by atoms with E-state index in [9.17, 15) is 14.9 Å². The summed E-state index contributed by atoms with van der Waals surface area (Å²) in [4.78, 5) is 28.1. The number of hydrogen-bond donors (Lipinski definition) is 0. The van der Waals surface area contributed by atoms with Gasteiger partial charge in [0.15, 0.2) is 0 Å². The zero-order valence-corrected chi connectivity index (χ0v) is 18.8. The van der Waals surface area contributed by atoms with Gasteiger partial charge in [0.05, 0.1) is 9.80 Å². The molecule has 1 aromatic heterocycles. The first-order chi connectivity index (χ1) is 15.5. The van der Waals surface area contributed by atoms with Crippen LogP contribution in [-0.4, -0.2) is 46.8 Å². The van der Waals surface area contributed by atoms with E-state index in [0.29, 0.717) is 30.3 Å². The van der Waals surface area contributed by atoms with Gasteiger partial charge in [-0.2, -0.15) is 0 Å². The second-order valence-electron chi connectivity index (χ2n) is 7.56. The Kier molecular flexibility index (Phi) is 7.04. The number of rotatable bonds is 7. The summed E-state index contributed by atoms with van der Waals surface area (Å²) in [6, 6.07) is 15.7. The fourth-order valence-corrected chi connectivity index (χ4v) is 4.63. The minimum Gasteiger partial charge on any atom is -0.489 e. The molecular formula is C23H22ClN3O4S. The summed E-state index contributed by atoms with van der Waals surface area (Å²) in [6.45, 7) is 4.14. The highest BCUT2D eigenvalue weighted by atomic mass is 35.5. The highest BCUT2D eigenvalue weighted by molar-refractivity contribution is 7.12. The summed E-state index contributed by atoms with van der Waals surface area (Å²) >= 11 is 7.48. The Balaban J connectivity index is 1.27. The van der Waals surface area contributed by atoms with Crippen LogP contribution in [0.25, 0.3) is 0 Å². The molecular weight excluding hydrogens is 450 g/mol. The van der Waals surface area contributed by atoms with E-state index in [1.807, 2.05) is 34.5 Å². The topological polar surface area (TPSA) is 75.9 Å². The quantitative estimate of drug-likeness (QED) is 0.364. The molecule has 1 fully saturated rings. The fourth-order valence-electron chi connectivity index (χ4n) is 3.55. The molecule has 1 amide bonds. The van der Waals surface area contributed by atoms with E-state index in [1.54, 1.807) is 12.1 Å². The van der Waals surface area contributed by atoms with Gasteiger partial charge in [-0.15, -0.1) is 11.3 Å². The molecule has 0 bridgehead atoms. The summed E-state index contributed by atoms with van der Waals surface area (Å²) in [7, 11) is 0. The molecule has 32 heavy (non-hydrogen) atoms. The van der Waals surface area contributed by atoms with Crippen molar-refractivity contribution < 1.29 is 14.5 Å². The van der Waals surface area contributed by atoms with E-state index >= 15 is 0 Å². The molecule has 0 aliphatic carbocycles. The number of nitro groups is 1. The summed E-state index contributed by atoms with van der Waals surface area (Å²) in [5.41, 5.74) is 2.10. The molecule has 0 spiro atoms. The van der Waals surface area contributed by atoms with Crippen molar-refractivity contribution in [3.8, 4) is 5.75 Å². The van der Waals surface area contributed by atoms with Gasteiger partial charge >= 0.3 is 0 Å². The third-order valence-corrected chi connectivity index (χ3v) is 6.47. The second-order valence-corrected chi connectivity index (χ2v) is 8.90. The van der Waals surface area contributed by atoms with Crippen LogP contribution in [0, 0.1) is 10.1 Å². The average Bonchev–Trinajstić information content (AvgIpc) is 3.27. The standard InChI is InChI=1S/C23H22ClN3O4S/c24-19-3-1-2-17(12-19)14-25-8-10-26(11-9-25)23(28)22-13-18(16-32-22)15-31-21-6-4-20(5-7-21)27(29)30/h1-7,12-13,16H,8-11,14-15H2. The van der Waals surface area contributed by atoms with Crippen LogP contribution in [-0.2, 0) is 13.2 Å². The first-order valence-corrected chi connectivity index (χ1v) is 11.4. The Labute approximate surface area is 194 Å². The molecule has 2 aromatic carbocycles. The maximum atomic E-state index is 12.9. The summed E-state index contributed by atoms with van der Waals surface area (Å²) in [6.07, 6.45) is 0. The number of thiophene rings is 1. The van der Waals surface area contributed by atoms with Crippen LogP contribution in [0.4, 0.5) is 5.69 Å². The fraction of sp³-hybridized carbons (Fsp3) is 0.261. The number of nitrogens with zero attached hydrogens (tertiary/aromatic N) is 3. The van der Waals surface area contributed by atoms with Crippen molar-refractivity contribution in [2.75, 3.05) is 26.2 Å². The molecule has 9 heteroatoms. The summed E-state index contributed by atoms with van der Waals surface area (Å²) in [5, 5.41) is 13.4. The first-order valence-electron chi connectivity index (χ1n) is 10.2. The Morgan fingerprint density at radius 1 is 1.06 bits per heavy atom. The number of piperazine rings is 1. The van der Waals surface area contributed by atoms with E-state index in [-0.39, 0.29) is 11.6 Å². The van der Waals surface area contributed by atoms with Crippen molar-refractivity contribution in [3.05, 3.63) is 91.1 Å². The van der Waals surface area contributed by atoms with Crippen molar-refractivity contribution >= 4 is 34.5 Å². The van der Waals surface area contributed by atoms with Crippen molar-refractivity contribution in [2.24, 2.45) is 0 Å². The number of non-ortho nitro benzene ring substituents is 1. The molecule has 7 nitrogen and oxygen atoms in total. The molecule has 1 aliphatic rings.